The first-order chi connectivity index (χ1) is 29.5. The van der Waals surface area contributed by atoms with Gasteiger partial charge in [-0.15, -0.1) is 0 Å². The van der Waals surface area contributed by atoms with E-state index in [1.807, 2.05) is 23.5 Å². The fourth-order valence-corrected chi connectivity index (χ4v) is 12.2. The minimum absolute atomic E-state index is 0.260. The molecule has 0 N–H and O–H groups in total. The highest BCUT2D eigenvalue weighted by Crippen LogP contribution is 2.44. The maximum atomic E-state index is 2.42. The van der Waals surface area contributed by atoms with Gasteiger partial charge >= 0.3 is 0 Å². The van der Waals surface area contributed by atoms with E-state index >= 15 is 0 Å². The summed E-state index contributed by atoms with van der Waals surface area (Å²) in [5.41, 5.74) is 13.8. The molecule has 60 heavy (non-hydrogen) atoms. The molecule has 0 radical (unpaired) electrons. The average Bonchev–Trinajstić information content (AvgIpc) is 3.29. The van der Waals surface area contributed by atoms with Crippen molar-refractivity contribution in [3.8, 4) is 44.5 Å². The van der Waals surface area contributed by atoms with Gasteiger partial charge in [0.05, 0.1) is 10.9 Å². The molecule has 290 valence electrons. The molecule has 0 aliphatic rings. The molecule has 0 fully saturated rings. The van der Waals surface area contributed by atoms with Gasteiger partial charge in [0.1, 0.15) is 0 Å². The van der Waals surface area contributed by atoms with Crippen LogP contribution in [0.15, 0.2) is 253 Å². The van der Waals surface area contributed by atoms with Crippen LogP contribution in [0.5, 0.6) is 0 Å². The Balaban J connectivity index is 1.04. The molecule has 0 saturated carbocycles. The van der Waals surface area contributed by atoms with Crippen LogP contribution in [0.2, 0.25) is 0 Å². The first-order valence-electron chi connectivity index (χ1n) is 20.4. The van der Waals surface area contributed by atoms with E-state index in [1.165, 1.54) is 95.5 Å². The zero-order valence-electron chi connectivity index (χ0n) is 34.0. The Hall–Kier alpha value is -5.97. The topological polar surface area (TPSA) is 0 Å². The first kappa shape index (κ1) is 39.5. The van der Waals surface area contributed by atoms with Crippen molar-refractivity contribution in [2.45, 2.75) is 55.0 Å². The third-order valence-corrected chi connectivity index (χ3v) is 15.6. The van der Waals surface area contributed by atoms with Crippen molar-refractivity contribution < 1.29 is 0 Å². The Morgan fingerprint density at radius 2 is 0.817 bits per heavy atom. The standard InChI is InChI=1S/C57H45S3/c1-40-16-10-12-22-51(40)46-26-28-47(29-27-46)52-23-13-14-24-55(52)58-48-32-36-53(45-20-8-5-9-21-45)56(39-48)59-54-37-35-50(38-42(54)3)60(57-25-15-11-17-41(57)2)49-33-30-44(31-34-49)43-18-6-4-7-19-43/h4-39H,1-3H3/q+1. The Morgan fingerprint density at radius 1 is 0.300 bits per heavy atom. The summed E-state index contributed by atoms with van der Waals surface area (Å²) >= 11 is 3.70. The van der Waals surface area contributed by atoms with Crippen molar-refractivity contribution in [2.75, 3.05) is 0 Å². The smallest absolute Gasteiger partial charge is 0.0894 e. The van der Waals surface area contributed by atoms with Gasteiger partial charge in [-0.1, -0.05) is 175 Å². The highest BCUT2D eigenvalue weighted by Gasteiger charge is 2.31. The van der Waals surface area contributed by atoms with Crippen molar-refractivity contribution in [1.82, 2.24) is 0 Å². The van der Waals surface area contributed by atoms with Gasteiger partial charge in [-0.05, 0) is 143 Å². The SMILES string of the molecule is Cc1cc([S+](c2ccc(-c3ccccc3)cc2)c2ccccc2C)ccc1Sc1cc(Sc2ccccc2-c2ccc(-c3ccccc3C)cc2)ccc1-c1ccccc1. The lowest BCUT2D eigenvalue weighted by Gasteiger charge is -2.16. The molecule has 0 heterocycles. The third kappa shape index (κ3) is 8.67. The van der Waals surface area contributed by atoms with E-state index in [1.54, 1.807) is 0 Å². The molecule has 0 nitrogen and oxygen atoms in total. The maximum Gasteiger partial charge on any atom is 0.169 e. The number of benzene rings is 9. The van der Waals surface area contributed by atoms with Crippen LogP contribution in [0.25, 0.3) is 44.5 Å². The molecule has 0 aliphatic heterocycles. The lowest BCUT2D eigenvalue weighted by atomic mass is 9.98. The van der Waals surface area contributed by atoms with Crippen LogP contribution in [0, 0.1) is 20.8 Å². The van der Waals surface area contributed by atoms with Crippen molar-refractivity contribution in [2.24, 2.45) is 0 Å². The van der Waals surface area contributed by atoms with E-state index in [0.29, 0.717) is 0 Å². The molecule has 0 amide bonds. The van der Waals surface area contributed by atoms with Crippen molar-refractivity contribution in [3.05, 3.63) is 235 Å². The number of aryl methyl sites for hydroxylation is 3. The monoisotopic (exact) mass is 825 g/mol. The van der Waals surface area contributed by atoms with Gasteiger partial charge < -0.3 is 0 Å². The zero-order valence-corrected chi connectivity index (χ0v) is 36.5. The van der Waals surface area contributed by atoms with Gasteiger partial charge in [0, 0.05) is 25.1 Å². The van der Waals surface area contributed by atoms with Crippen LogP contribution in [0.4, 0.5) is 0 Å². The Morgan fingerprint density at radius 3 is 1.50 bits per heavy atom. The highest BCUT2D eigenvalue weighted by atomic mass is 32.2. The summed E-state index contributed by atoms with van der Waals surface area (Å²) in [6.07, 6.45) is 0. The molecule has 0 saturated heterocycles. The zero-order chi connectivity index (χ0) is 40.8. The van der Waals surface area contributed by atoms with Gasteiger partial charge in [0.25, 0.3) is 0 Å². The van der Waals surface area contributed by atoms with Crippen molar-refractivity contribution in [3.63, 3.8) is 0 Å². The van der Waals surface area contributed by atoms with Crippen LogP contribution < -0.4 is 0 Å². The Labute approximate surface area is 366 Å². The Bertz CT molecular complexity index is 2880. The molecule has 9 rings (SSSR count). The van der Waals surface area contributed by atoms with Gasteiger partial charge in [-0.3, -0.25) is 0 Å². The summed E-state index contributed by atoms with van der Waals surface area (Å²) in [4.78, 5) is 8.98. The largest absolute Gasteiger partial charge is 0.169 e. The van der Waals surface area contributed by atoms with E-state index in [-0.39, 0.29) is 10.9 Å². The number of hydrogen-bond donors (Lipinski definition) is 0. The molecular weight excluding hydrogens is 781 g/mol. The van der Waals surface area contributed by atoms with Crippen molar-refractivity contribution in [1.29, 1.82) is 0 Å². The Kier molecular flexibility index (Phi) is 11.9. The lowest BCUT2D eigenvalue weighted by Crippen LogP contribution is -2.07. The molecule has 3 heteroatoms. The molecule has 0 aromatic heterocycles. The normalized spacial score (nSPS) is 11.7. The molecule has 0 spiro atoms. The minimum Gasteiger partial charge on any atom is -0.0894 e. The van der Waals surface area contributed by atoms with Crippen LogP contribution in [-0.2, 0) is 10.9 Å². The van der Waals surface area contributed by atoms with Crippen LogP contribution in [0.3, 0.4) is 0 Å². The fourth-order valence-electron chi connectivity index (χ4n) is 7.73. The van der Waals surface area contributed by atoms with Gasteiger partial charge in [-0.25, -0.2) is 0 Å². The van der Waals surface area contributed by atoms with Gasteiger partial charge in [-0.2, -0.15) is 0 Å². The fraction of sp³-hybridized carbons (Fsp3) is 0.0526. The molecule has 9 aromatic carbocycles. The molecule has 1 unspecified atom stereocenters. The molecule has 0 aliphatic carbocycles. The summed E-state index contributed by atoms with van der Waals surface area (Å²) in [5.74, 6) is 0. The second-order valence-electron chi connectivity index (χ2n) is 15.0. The summed E-state index contributed by atoms with van der Waals surface area (Å²) in [6, 6.07) is 80.0. The number of rotatable bonds is 11. The number of hydrogen-bond acceptors (Lipinski definition) is 2. The van der Waals surface area contributed by atoms with Crippen LogP contribution in [0.1, 0.15) is 16.7 Å². The second-order valence-corrected chi connectivity index (χ2v) is 19.2. The first-order valence-corrected chi connectivity index (χ1v) is 23.2. The average molecular weight is 826 g/mol. The summed E-state index contributed by atoms with van der Waals surface area (Å²) in [7, 11) is -0.260. The summed E-state index contributed by atoms with van der Waals surface area (Å²) < 4.78 is 0. The highest BCUT2D eigenvalue weighted by molar-refractivity contribution is 8.00. The second kappa shape index (κ2) is 18.1. The molecule has 9 aromatic rings. The molecular formula is C57H45S3+. The predicted octanol–water partition coefficient (Wildman–Crippen LogP) is 16.7. The third-order valence-electron chi connectivity index (χ3n) is 10.9. The predicted molar refractivity (Wildman–Crippen MR) is 259 cm³/mol. The van der Waals surface area contributed by atoms with E-state index in [0.717, 1.165) is 0 Å². The van der Waals surface area contributed by atoms with E-state index < -0.39 is 0 Å². The molecule has 1 atom stereocenters. The van der Waals surface area contributed by atoms with E-state index in [9.17, 15) is 0 Å². The van der Waals surface area contributed by atoms with Crippen molar-refractivity contribution >= 4 is 34.4 Å². The maximum absolute atomic E-state index is 2.42. The summed E-state index contributed by atoms with van der Waals surface area (Å²) in [6.45, 7) is 6.68. The van der Waals surface area contributed by atoms with E-state index in [4.69, 9.17) is 0 Å². The van der Waals surface area contributed by atoms with Crippen LogP contribution >= 0.6 is 23.5 Å². The minimum atomic E-state index is -0.260. The van der Waals surface area contributed by atoms with Gasteiger partial charge in [0.2, 0.25) is 0 Å². The molecule has 0 bridgehead atoms. The summed E-state index contributed by atoms with van der Waals surface area (Å²) in [5, 5.41) is 0. The van der Waals surface area contributed by atoms with Crippen LogP contribution in [-0.4, -0.2) is 0 Å². The quantitative estimate of drug-likeness (QED) is 0.119. The van der Waals surface area contributed by atoms with Gasteiger partial charge in [0.15, 0.2) is 14.7 Å². The van der Waals surface area contributed by atoms with E-state index in [2.05, 4.69) is 239 Å². The lowest BCUT2D eigenvalue weighted by molar-refractivity contribution is 1.20.